The maximum Gasteiger partial charge on any atom is 0.237 e. The Balaban J connectivity index is 1.66. The summed E-state index contributed by atoms with van der Waals surface area (Å²) >= 11 is 3.10. The van der Waals surface area contributed by atoms with Crippen molar-refractivity contribution in [3.8, 4) is 0 Å². The highest BCUT2D eigenvalue weighted by atomic mass is 32.2. The standard InChI is InChI=1S/C24H26N2O2S2/c1-14-10-18-15(2)12-24(4,5)26(20(18)11-17(14)16(3)27)22(28)13-29-23-25-19-8-6-7-9-21(19)30-23/h6-11,15H,12-13H2,1-5H3/t15-/m1/s1. The van der Waals surface area contributed by atoms with E-state index in [0.29, 0.717) is 17.2 Å². The average molecular weight is 439 g/mol. The number of nitrogens with zero attached hydrogens (tertiary/aromatic N) is 2. The first-order chi connectivity index (χ1) is 14.2. The SMILES string of the molecule is CC(=O)c1cc2c(cc1C)[C@H](C)CC(C)(C)N2C(=O)CSc1nc2ccccc2s1. The van der Waals surface area contributed by atoms with Crippen LogP contribution in [-0.4, -0.2) is 28.0 Å². The highest BCUT2D eigenvalue weighted by Crippen LogP contribution is 2.45. The zero-order chi connectivity index (χ0) is 21.6. The fourth-order valence-corrected chi connectivity index (χ4v) is 6.45. The number of hydrogen-bond acceptors (Lipinski definition) is 5. The van der Waals surface area contributed by atoms with Crippen molar-refractivity contribution in [2.75, 3.05) is 10.7 Å². The van der Waals surface area contributed by atoms with Crippen LogP contribution < -0.4 is 4.90 Å². The third-order valence-corrected chi connectivity index (χ3v) is 7.94. The van der Waals surface area contributed by atoms with Gasteiger partial charge in [0, 0.05) is 16.8 Å². The number of anilines is 1. The van der Waals surface area contributed by atoms with Crippen molar-refractivity contribution in [2.45, 2.75) is 56.8 Å². The Morgan fingerprint density at radius 1 is 1.27 bits per heavy atom. The number of amides is 1. The van der Waals surface area contributed by atoms with E-state index in [-0.39, 0.29) is 17.2 Å². The van der Waals surface area contributed by atoms with Gasteiger partial charge in [0.15, 0.2) is 10.1 Å². The Morgan fingerprint density at radius 3 is 2.70 bits per heavy atom. The van der Waals surface area contributed by atoms with Crippen molar-refractivity contribution in [3.63, 3.8) is 0 Å². The topological polar surface area (TPSA) is 50.3 Å². The molecule has 0 spiro atoms. The first-order valence-corrected chi connectivity index (χ1v) is 11.9. The van der Waals surface area contributed by atoms with Crippen LogP contribution in [0.1, 0.15) is 61.5 Å². The van der Waals surface area contributed by atoms with Crippen LogP contribution >= 0.6 is 23.1 Å². The summed E-state index contributed by atoms with van der Waals surface area (Å²) in [5.74, 6) is 0.731. The number of Topliss-reactive ketones (excluding diaryl/α,β-unsaturated/α-hetero) is 1. The Labute approximate surface area is 185 Å². The summed E-state index contributed by atoms with van der Waals surface area (Å²) in [6.07, 6.45) is 0.885. The molecule has 4 nitrogen and oxygen atoms in total. The van der Waals surface area contributed by atoms with E-state index in [1.54, 1.807) is 18.3 Å². The molecule has 1 atom stereocenters. The van der Waals surface area contributed by atoms with Crippen molar-refractivity contribution < 1.29 is 9.59 Å². The highest BCUT2D eigenvalue weighted by molar-refractivity contribution is 8.01. The van der Waals surface area contributed by atoms with Crippen LogP contribution in [0.15, 0.2) is 40.7 Å². The van der Waals surface area contributed by atoms with Crippen molar-refractivity contribution in [1.29, 1.82) is 0 Å². The van der Waals surface area contributed by atoms with E-state index in [9.17, 15) is 9.59 Å². The Morgan fingerprint density at radius 2 is 2.00 bits per heavy atom. The molecule has 1 amide bonds. The zero-order valence-corrected chi connectivity index (χ0v) is 19.6. The number of hydrogen-bond donors (Lipinski definition) is 0. The molecule has 0 radical (unpaired) electrons. The predicted molar refractivity (Wildman–Crippen MR) is 126 cm³/mol. The molecule has 1 aliphatic heterocycles. The summed E-state index contributed by atoms with van der Waals surface area (Å²) in [4.78, 5) is 32.1. The van der Waals surface area contributed by atoms with E-state index >= 15 is 0 Å². The first-order valence-electron chi connectivity index (χ1n) is 10.1. The molecule has 0 aliphatic carbocycles. The van der Waals surface area contributed by atoms with E-state index in [2.05, 4.69) is 37.9 Å². The van der Waals surface area contributed by atoms with Gasteiger partial charge in [-0.05, 0) is 69.4 Å². The molecular formula is C24H26N2O2S2. The van der Waals surface area contributed by atoms with Gasteiger partial charge in [0.05, 0.1) is 16.0 Å². The number of benzene rings is 2. The quantitative estimate of drug-likeness (QED) is 0.358. The molecule has 6 heteroatoms. The van der Waals surface area contributed by atoms with Gasteiger partial charge in [-0.2, -0.15) is 0 Å². The number of aromatic nitrogens is 1. The van der Waals surface area contributed by atoms with Gasteiger partial charge in [0.25, 0.3) is 0 Å². The van der Waals surface area contributed by atoms with Crippen LogP contribution in [0.4, 0.5) is 5.69 Å². The summed E-state index contributed by atoms with van der Waals surface area (Å²) in [6.45, 7) is 9.98. The number of thioether (sulfide) groups is 1. The molecule has 0 saturated carbocycles. The smallest absolute Gasteiger partial charge is 0.237 e. The van der Waals surface area contributed by atoms with Crippen molar-refractivity contribution in [1.82, 2.24) is 4.98 Å². The summed E-state index contributed by atoms with van der Waals surface area (Å²) < 4.78 is 2.03. The van der Waals surface area contributed by atoms with Crippen LogP contribution in [0.3, 0.4) is 0 Å². The normalized spacial score (nSPS) is 17.8. The second-order valence-electron chi connectivity index (χ2n) is 8.67. The lowest BCUT2D eigenvalue weighted by molar-refractivity contribution is -0.117. The molecule has 0 N–H and O–H groups in total. The minimum Gasteiger partial charge on any atom is -0.306 e. The van der Waals surface area contributed by atoms with Gasteiger partial charge in [-0.15, -0.1) is 11.3 Å². The van der Waals surface area contributed by atoms with Gasteiger partial charge >= 0.3 is 0 Å². The van der Waals surface area contributed by atoms with Crippen LogP contribution in [0.2, 0.25) is 0 Å². The average Bonchev–Trinajstić information content (AvgIpc) is 3.08. The summed E-state index contributed by atoms with van der Waals surface area (Å²) in [5.41, 5.74) is 4.34. The number of fused-ring (bicyclic) bond motifs is 2. The lowest BCUT2D eigenvalue weighted by atomic mass is 9.78. The minimum atomic E-state index is -0.318. The van der Waals surface area contributed by atoms with Crippen molar-refractivity contribution in [2.24, 2.45) is 0 Å². The Hall–Kier alpha value is -2.18. The van der Waals surface area contributed by atoms with E-state index < -0.39 is 0 Å². The number of ketones is 1. The second kappa shape index (κ2) is 7.82. The van der Waals surface area contributed by atoms with Crippen LogP contribution in [0, 0.1) is 6.92 Å². The van der Waals surface area contributed by atoms with E-state index in [0.717, 1.165) is 37.8 Å². The molecule has 156 valence electrons. The molecule has 1 aliphatic rings. The molecule has 0 fully saturated rings. The minimum absolute atomic E-state index is 0.0302. The largest absolute Gasteiger partial charge is 0.306 e. The van der Waals surface area contributed by atoms with Gasteiger partial charge in [-0.3, -0.25) is 9.59 Å². The number of carbonyl (C=O) groups excluding carboxylic acids is 2. The van der Waals surface area contributed by atoms with Gasteiger partial charge in [0.2, 0.25) is 5.91 Å². The van der Waals surface area contributed by atoms with Gasteiger partial charge in [0.1, 0.15) is 0 Å². The van der Waals surface area contributed by atoms with E-state index in [4.69, 9.17) is 0 Å². The molecule has 0 unspecified atom stereocenters. The molecular weight excluding hydrogens is 412 g/mol. The number of rotatable bonds is 4. The molecule has 1 aromatic heterocycles. The number of aryl methyl sites for hydroxylation is 1. The van der Waals surface area contributed by atoms with Gasteiger partial charge in [-0.1, -0.05) is 36.9 Å². The summed E-state index contributed by atoms with van der Waals surface area (Å²) in [5, 5.41) is 0. The summed E-state index contributed by atoms with van der Waals surface area (Å²) in [7, 11) is 0. The molecule has 2 aromatic carbocycles. The number of para-hydroxylation sites is 1. The molecule has 4 rings (SSSR count). The molecule has 0 bridgehead atoms. The summed E-state index contributed by atoms with van der Waals surface area (Å²) in [6, 6.07) is 12.0. The molecule has 3 aromatic rings. The Kier molecular flexibility index (Phi) is 5.49. The molecule has 0 saturated heterocycles. The first kappa shape index (κ1) is 21.1. The van der Waals surface area contributed by atoms with Crippen LogP contribution in [0.25, 0.3) is 10.2 Å². The Bertz CT molecular complexity index is 1120. The van der Waals surface area contributed by atoms with Crippen molar-refractivity contribution in [3.05, 3.63) is 53.1 Å². The van der Waals surface area contributed by atoms with Crippen molar-refractivity contribution >= 4 is 50.7 Å². The van der Waals surface area contributed by atoms with E-state index in [1.807, 2.05) is 36.1 Å². The fourth-order valence-electron chi connectivity index (χ4n) is 4.54. The van der Waals surface area contributed by atoms with Gasteiger partial charge < -0.3 is 4.90 Å². The highest BCUT2D eigenvalue weighted by Gasteiger charge is 2.40. The third kappa shape index (κ3) is 3.79. The lowest BCUT2D eigenvalue weighted by Gasteiger charge is -2.46. The molecule has 30 heavy (non-hydrogen) atoms. The second-order valence-corrected chi connectivity index (χ2v) is 10.9. The fraction of sp³-hybridized carbons (Fsp3) is 0.375. The molecule has 2 heterocycles. The lowest BCUT2D eigenvalue weighted by Crippen LogP contribution is -2.52. The third-order valence-electron chi connectivity index (χ3n) is 5.78. The number of carbonyl (C=O) groups is 2. The van der Waals surface area contributed by atoms with Crippen LogP contribution in [0.5, 0.6) is 0 Å². The maximum atomic E-state index is 13.4. The zero-order valence-electron chi connectivity index (χ0n) is 18.0. The monoisotopic (exact) mass is 438 g/mol. The predicted octanol–water partition coefficient (Wildman–Crippen LogP) is 6.22. The van der Waals surface area contributed by atoms with Crippen LogP contribution in [-0.2, 0) is 4.79 Å². The number of thiazole rings is 1. The van der Waals surface area contributed by atoms with E-state index in [1.165, 1.54) is 11.8 Å². The maximum absolute atomic E-state index is 13.4. The van der Waals surface area contributed by atoms with Gasteiger partial charge in [-0.25, -0.2) is 4.98 Å².